The number of furan rings is 1. The molecule has 1 aliphatic rings. The van der Waals surface area contributed by atoms with Crippen LogP contribution < -0.4 is 0 Å². The standard InChI is InChI=1S/C14H20N2O5/c1-10(7-14(17)18)11-3-2-6-15(8-11)9-12-4-5-13(21-12)16(19)20/h4-5,10-11H,2-3,6-9H2,1H3,(H,17,18). The number of aliphatic carboxylic acids is 1. The number of hydrogen-bond donors (Lipinski definition) is 1. The van der Waals surface area contributed by atoms with E-state index in [-0.39, 0.29) is 18.2 Å². The fraction of sp³-hybridized carbons (Fsp3) is 0.643. The molecule has 1 aromatic heterocycles. The van der Waals surface area contributed by atoms with Crippen molar-refractivity contribution in [1.29, 1.82) is 0 Å². The van der Waals surface area contributed by atoms with Crippen LogP contribution in [0.15, 0.2) is 16.5 Å². The van der Waals surface area contributed by atoms with Crippen molar-refractivity contribution in [1.82, 2.24) is 4.90 Å². The zero-order valence-electron chi connectivity index (χ0n) is 12.0. The molecule has 7 nitrogen and oxygen atoms in total. The number of rotatable bonds is 6. The van der Waals surface area contributed by atoms with Gasteiger partial charge in [-0.1, -0.05) is 6.92 Å². The van der Waals surface area contributed by atoms with E-state index in [1.165, 1.54) is 6.07 Å². The summed E-state index contributed by atoms with van der Waals surface area (Å²) in [5.41, 5.74) is 0. The van der Waals surface area contributed by atoms with Gasteiger partial charge in [0, 0.05) is 13.0 Å². The summed E-state index contributed by atoms with van der Waals surface area (Å²) in [5, 5.41) is 19.5. The molecule has 2 atom stereocenters. The van der Waals surface area contributed by atoms with E-state index in [9.17, 15) is 14.9 Å². The molecule has 0 amide bonds. The lowest BCUT2D eigenvalue weighted by Crippen LogP contribution is -2.37. The Morgan fingerprint density at radius 2 is 2.38 bits per heavy atom. The average Bonchev–Trinajstić information content (AvgIpc) is 2.87. The summed E-state index contributed by atoms with van der Waals surface area (Å²) in [5.74, 6) is 0.0587. The minimum absolute atomic E-state index is 0.135. The van der Waals surface area contributed by atoms with Crippen molar-refractivity contribution in [2.75, 3.05) is 13.1 Å². The highest BCUT2D eigenvalue weighted by molar-refractivity contribution is 5.67. The number of carboxylic acids is 1. The summed E-state index contributed by atoms with van der Waals surface area (Å²) in [6.07, 6.45) is 2.23. The summed E-state index contributed by atoms with van der Waals surface area (Å²) < 4.78 is 5.17. The first kappa shape index (κ1) is 15.5. The SMILES string of the molecule is CC(CC(=O)O)C1CCCN(Cc2ccc([N+](=O)[O-])o2)C1. The number of hydrogen-bond acceptors (Lipinski definition) is 5. The van der Waals surface area contributed by atoms with Gasteiger partial charge in [0.15, 0.2) is 0 Å². The second-order valence-electron chi connectivity index (χ2n) is 5.71. The van der Waals surface area contributed by atoms with Crippen LogP contribution in [-0.4, -0.2) is 34.0 Å². The first-order valence-corrected chi connectivity index (χ1v) is 7.13. The zero-order valence-corrected chi connectivity index (χ0v) is 12.0. The van der Waals surface area contributed by atoms with Gasteiger partial charge in [-0.25, -0.2) is 0 Å². The number of carbonyl (C=O) groups is 1. The maximum Gasteiger partial charge on any atom is 0.433 e. The van der Waals surface area contributed by atoms with E-state index < -0.39 is 10.9 Å². The van der Waals surface area contributed by atoms with Gasteiger partial charge < -0.3 is 9.52 Å². The number of piperidine rings is 1. The summed E-state index contributed by atoms with van der Waals surface area (Å²) in [4.78, 5) is 23.0. The Bertz CT molecular complexity index is 513. The molecule has 116 valence electrons. The molecule has 21 heavy (non-hydrogen) atoms. The van der Waals surface area contributed by atoms with Crippen molar-refractivity contribution >= 4 is 11.9 Å². The smallest absolute Gasteiger partial charge is 0.433 e. The quantitative estimate of drug-likeness (QED) is 0.640. The maximum atomic E-state index is 10.8. The molecular weight excluding hydrogens is 276 g/mol. The van der Waals surface area contributed by atoms with Gasteiger partial charge in [-0.15, -0.1) is 0 Å². The van der Waals surface area contributed by atoms with Crippen LogP contribution in [0.25, 0.3) is 0 Å². The number of likely N-dealkylation sites (tertiary alicyclic amines) is 1. The molecule has 7 heteroatoms. The van der Waals surface area contributed by atoms with E-state index in [1.54, 1.807) is 6.07 Å². The van der Waals surface area contributed by atoms with Gasteiger partial charge in [0.25, 0.3) is 0 Å². The van der Waals surface area contributed by atoms with Crippen molar-refractivity contribution in [2.45, 2.75) is 32.7 Å². The summed E-state index contributed by atoms with van der Waals surface area (Å²) in [6, 6.07) is 2.99. The Hall–Kier alpha value is -1.89. The van der Waals surface area contributed by atoms with Gasteiger partial charge in [-0.3, -0.25) is 19.8 Å². The molecule has 1 fully saturated rings. The summed E-state index contributed by atoms with van der Waals surface area (Å²) in [7, 11) is 0. The van der Waals surface area contributed by atoms with Crippen molar-refractivity contribution in [3.05, 3.63) is 28.0 Å². The van der Waals surface area contributed by atoms with E-state index in [1.807, 2.05) is 6.92 Å². The highest BCUT2D eigenvalue weighted by atomic mass is 16.6. The van der Waals surface area contributed by atoms with Crippen LogP contribution in [0.3, 0.4) is 0 Å². The predicted molar refractivity (Wildman–Crippen MR) is 74.8 cm³/mol. The van der Waals surface area contributed by atoms with Crippen molar-refractivity contribution < 1.29 is 19.2 Å². The predicted octanol–water partition coefficient (Wildman–Crippen LogP) is 2.51. The van der Waals surface area contributed by atoms with Crippen molar-refractivity contribution in [3.8, 4) is 0 Å². The molecule has 0 spiro atoms. The molecule has 0 aromatic carbocycles. The zero-order chi connectivity index (χ0) is 15.4. The fourth-order valence-corrected chi connectivity index (χ4v) is 2.91. The summed E-state index contributed by atoms with van der Waals surface area (Å²) >= 11 is 0. The minimum atomic E-state index is -0.763. The highest BCUT2D eigenvalue weighted by Crippen LogP contribution is 2.27. The molecule has 1 aliphatic heterocycles. The Kier molecular flexibility index (Phi) is 4.95. The molecule has 2 heterocycles. The molecular formula is C14H20N2O5. The van der Waals surface area contributed by atoms with Crippen LogP contribution in [0.5, 0.6) is 0 Å². The normalized spacial score (nSPS) is 21.1. The van der Waals surface area contributed by atoms with Gasteiger partial charge in [-0.05, 0) is 37.3 Å². The first-order valence-electron chi connectivity index (χ1n) is 7.13. The Labute approximate surface area is 122 Å². The third-order valence-corrected chi connectivity index (χ3v) is 4.05. The monoisotopic (exact) mass is 296 g/mol. The van der Waals surface area contributed by atoms with Crippen LogP contribution in [0.2, 0.25) is 0 Å². The molecule has 2 rings (SSSR count). The third-order valence-electron chi connectivity index (χ3n) is 4.05. The van der Waals surface area contributed by atoms with Crippen LogP contribution in [0.4, 0.5) is 5.88 Å². The Balaban J connectivity index is 1.91. The van der Waals surface area contributed by atoms with Gasteiger partial charge in [0.1, 0.15) is 10.7 Å². The molecule has 2 unspecified atom stereocenters. The molecule has 0 radical (unpaired) electrons. The number of nitro groups is 1. The van der Waals surface area contributed by atoms with Gasteiger partial charge in [0.05, 0.1) is 12.6 Å². The lowest BCUT2D eigenvalue weighted by molar-refractivity contribution is -0.402. The molecule has 1 N–H and O–H groups in total. The van der Waals surface area contributed by atoms with Crippen LogP contribution >= 0.6 is 0 Å². The number of carboxylic acid groups (broad SMARTS) is 1. The van der Waals surface area contributed by atoms with Gasteiger partial charge in [-0.2, -0.15) is 0 Å². The third kappa shape index (κ3) is 4.29. The van der Waals surface area contributed by atoms with Crippen LogP contribution in [-0.2, 0) is 11.3 Å². The average molecular weight is 296 g/mol. The lowest BCUT2D eigenvalue weighted by Gasteiger charge is -2.34. The van der Waals surface area contributed by atoms with E-state index in [2.05, 4.69) is 4.90 Å². The minimum Gasteiger partial charge on any atom is -0.481 e. The molecule has 1 aromatic rings. The van der Waals surface area contributed by atoms with Gasteiger partial charge in [0.2, 0.25) is 0 Å². The summed E-state index contributed by atoms with van der Waals surface area (Å²) in [6.45, 7) is 4.22. The first-order chi connectivity index (χ1) is 9.95. The van der Waals surface area contributed by atoms with E-state index in [0.29, 0.717) is 18.2 Å². The second kappa shape index (κ2) is 6.71. The molecule has 0 bridgehead atoms. The highest BCUT2D eigenvalue weighted by Gasteiger charge is 2.26. The molecule has 1 saturated heterocycles. The van der Waals surface area contributed by atoms with E-state index in [4.69, 9.17) is 9.52 Å². The van der Waals surface area contributed by atoms with E-state index in [0.717, 1.165) is 25.9 Å². The Morgan fingerprint density at radius 3 is 3.00 bits per heavy atom. The lowest BCUT2D eigenvalue weighted by atomic mass is 9.84. The van der Waals surface area contributed by atoms with Crippen molar-refractivity contribution in [3.63, 3.8) is 0 Å². The van der Waals surface area contributed by atoms with Crippen LogP contribution in [0.1, 0.15) is 31.9 Å². The van der Waals surface area contributed by atoms with Crippen molar-refractivity contribution in [2.24, 2.45) is 11.8 Å². The number of nitrogens with zero attached hydrogens (tertiary/aromatic N) is 2. The maximum absolute atomic E-state index is 10.8. The van der Waals surface area contributed by atoms with E-state index >= 15 is 0 Å². The molecule has 0 aliphatic carbocycles. The largest absolute Gasteiger partial charge is 0.481 e. The second-order valence-corrected chi connectivity index (χ2v) is 5.71. The fourth-order valence-electron chi connectivity index (χ4n) is 2.91. The molecule has 0 saturated carbocycles. The Morgan fingerprint density at radius 1 is 1.62 bits per heavy atom. The van der Waals surface area contributed by atoms with Gasteiger partial charge >= 0.3 is 11.9 Å². The topological polar surface area (TPSA) is 96.8 Å². The van der Waals surface area contributed by atoms with Crippen LogP contribution in [0, 0.1) is 22.0 Å².